The van der Waals surface area contributed by atoms with Gasteiger partial charge in [-0.1, -0.05) is 64.5 Å². The fourth-order valence-electron chi connectivity index (χ4n) is 5.20. The maximum absolute atomic E-state index is 5.11. The standard InChI is InChI=1S/C34H22BrN3/c35-27-15-18-29-33(22-27)38(32-12-7-19-36-34(29)32)28-16-13-25(14-17-28)31-21-26(23-8-3-1-4-9-23)20-30(37-31)24-10-5-2-6-11-24/h1-3,5,7-8,10,12-22H,6,11H2. The number of pyridine rings is 2. The van der Waals surface area contributed by atoms with E-state index in [0.29, 0.717) is 0 Å². The lowest BCUT2D eigenvalue weighted by Crippen LogP contribution is -1.97. The average molecular weight is 552 g/mol. The molecule has 0 aliphatic heterocycles. The first-order valence-electron chi connectivity index (χ1n) is 12.7. The smallest absolute Gasteiger partial charge is 0.0963 e. The van der Waals surface area contributed by atoms with Crippen LogP contribution in [0.15, 0.2) is 114 Å². The van der Waals surface area contributed by atoms with E-state index in [1.165, 1.54) is 5.57 Å². The zero-order chi connectivity index (χ0) is 25.5. The van der Waals surface area contributed by atoms with Crippen LogP contribution in [0.4, 0.5) is 0 Å². The number of hydrogen-bond donors (Lipinski definition) is 0. The molecule has 3 aromatic carbocycles. The molecule has 4 heteroatoms. The molecule has 3 heterocycles. The molecule has 0 atom stereocenters. The second-order valence-electron chi connectivity index (χ2n) is 9.41. The molecule has 1 aliphatic rings. The molecule has 1 aliphatic carbocycles. The van der Waals surface area contributed by atoms with Gasteiger partial charge in [-0.3, -0.25) is 4.98 Å². The lowest BCUT2D eigenvalue weighted by molar-refractivity contribution is 1.04. The van der Waals surface area contributed by atoms with Gasteiger partial charge in [0.2, 0.25) is 0 Å². The zero-order valence-corrected chi connectivity index (χ0v) is 22.1. The van der Waals surface area contributed by atoms with Gasteiger partial charge < -0.3 is 4.57 Å². The van der Waals surface area contributed by atoms with Crippen LogP contribution in [0.25, 0.3) is 55.6 Å². The van der Waals surface area contributed by atoms with E-state index in [9.17, 15) is 0 Å². The summed E-state index contributed by atoms with van der Waals surface area (Å²) in [5, 5.41) is 1.14. The minimum Gasteiger partial charge on any atom is -0.308 e. The minimum absolute atomic E-state index is 0.948. The monoisotopic (exact) mass is 551 g/mol. The van der Waals surface area contributed by atoms with Gasteiger partial charge in [0.25, 0.3) is 0 Å². The van der Waals surface area contributed by atoms with Gasteiger partial charge in [0.1, 0.15) is 0 Å². The first-order chi connectivity index (χ1) is 18.7. The van der Waals surface area contributed by atoms with E-state index in [1.807, 2.05) is 24.4 Å². The number of nitrogens with zero attached hydrogens (tertiary/aromatic N) is 3. The van der Waals surface area contributed by atoms with Crippen LogP contribution in [0.2, 0.25) is 0 Å². The van der Waals surface area contributed by atoms with E-state index in [0.717, 1.165) is 73.0 Å². The first kappa shape index (κ1) is 22.7. The molecule has 0 saturated heterocycles. The Labute approximate surface area is 229 Å². The maximum Gasteiger partial charge on any atom is 0.0963 e. The average Bonchev–Trinajstić information content (AvgIpc) is 3.31. The van der Waals surface area contributed by atoms with Crippen LogP contribution in [0, 0.1) is 12.1 Å². The van der Waals surface area contributed by atoms with Crippen molar-refractivity contribution >= 4 is 43.4 Å². The van der Waals surface area contributed by atoms with Gasteiger partial charge in [0.05, 0.1) is 27.9 Å². The Hall–Kier alpha value is -4.46. The first-order valence-corrected chi connectivity index (χ1v) is 13.5. The van der Waals surface area contributed by atoms with Crippen molar-refractivity contribution in [2.45, 2.75) is 12.8 Å². The molecule has 38 heavy (non-hydrogen) atoms. The molecule has 7 rings (SSSR count). The topological polar surface area (TPSA) is 30.7 Å². The molecule has 0 bridgehead atoms. The van der Waals surface area contributed by atoms with Gasteiger partial charge in [-0.05, 0) is 90.7 Å². The normalized spacial score (nSPS) is 13.0. The highest BCUT2D eigenvalue weighted by atomic mass is 79.9. The van der Waals surface area contributed by atoms with Crippen molar-refractivity contribution < 1.29 is 0 Å². The van der Waals surface area contributed by atoms with Crippen molar-refractivity contribution in [3.8, 4) is 28.1 Å². The van der Waals surface area contributed by atoms with Crippen molar-refractivity contribution in [3.63, 3.8) is 0 Å². The zero-order valence-electron chi connectivity index (χ0n) is 20.5. The molecule has 3 aromatic heterocycles. The lowest BCUT2D eigenvalue weighted by Gasteiger charge is -2.13. The minimum atomic E-state index is 0.948. The summed E-state index contributed by atoms with van der Waals surface area (Å²) in [6.45, 7) is 0. The summed E-state index contributed by atoms with van der Waals surface area (Å²) in [5.74, 6) is 0. The second-order valence-corrected chi connectivity index (χ2v) is 10.3. The van der Waals surface area contributed by atoms with Gasteiger partial charge in [-0.25, -0.2) is 4.98 Å². The third-order valence-electron chi connectivity index (χ3n) is 7.03. The number of hydrogen-bond acceptors (Lipinski definition) is 2. The van der Waals surface area contributed by atoms with E-state index >= 15 is 0 Å². The summed E-state index contributed by atoms with van der Waals surface area (Å²) in [7, 11) is 0. The molecule has 0 radical (unpaired) electrons. The van der Waals surface area contributed by atoms with Crippen LogP contribution in [0.3, 0.4) is 0 Å². The number of rotatable bonds is 4. The van der Waals surface area contributed by atoms with Crippen LogP contribution in [0.5, 0.6) is 0 Å². The van der Waals surface area contributed by atoms with Crippen LogP contribution in [-0.4, -0.2) is 14.5 Å². The molecule has 0 saturated carbocycles. The Kier molecular flexibility index (Phi) is 5.65. The molecular weight excluding hydrogens is 530 g/mol. The maximum atomic E-state index is 5.11. The van der Waals surface area contributed by atoms with Gasteiger partial charge >= 0.3 is 0 Å². The van der Waals surface area contributed by atoms with Crippen LogP contribution >= 0.6 is 15.9 Å². The third kappa shape index (κ3) is 4.02. The molecule has 3 nitrogen and oxygen atoms in total. The Morgan fingerprint density at radius 2 is 1.74 bits per heavy atom. The number of fused-ring (bicyclic) bond motifs is 3. The fraction of sp³-hybridized carbons (Fsp3) is 0.0588. The van der Waals surface area contributed by atoms with E-state index < -0.39 is 0 Å². The second kappa shape index (κ2) is 9.45. The Bertz CT molecular complexity index is 1860. The largest absolute Gasteiger partial charge is 0.308 e. The molecule has 180 valence electrons. The van der Waals surface area contributed by atoms with E-state index in [1.54, 1.807) is 0 Å². The van der Waals surface area contributed by atoms with Crippen LogP contribution in [-0.2, 0) is 0 Å². The number of aromatic nitrogens is 3. The highest BCUT2D eigenvalue weighted by molar-refractivity contribution is 9.10. The van der Waals surface area contributed by atoms with Crippen molar-refractivity contribution in [2.75, 3.05) is 0 Å². The summed E-state index contributed by atoms with van der Waals surface area (Å²) in [4.78, 5) is 9.79. The van der Waals surface area contributed by atoms with E-state index in [4.69, 9.17) is 4.98 Å². The molecule has 0 fully saturated rings. The van der Waals surface area contributed by atoms with Crippen molar-refractivity contribution in [2.24, 2.45) is 0 Å². The molecule has 0 unspecified atom stereocenters. The van der Waals surface area contributed by atoms with E-state index in [-0.39, 0.29) is 0 Å². The van der Waals surface area contributed by atoms with Crippen LogP contribution < -0.4 is 0 Å². The Morgan fingerprint density at radius 1 is 0.842 bits per heavy atom. The number of allylic oxidation sites excluding steroid dienone is 4. The number of halogens is 1. The van der Waals surface area contributed by atoms with Gasteiger partial charge in [0.15, 0.2) is 0 Å². The quantitative estimate of drug-likeness (QED) is 0.219. The van der Waals surface area contributed by atoms with Gasteiger partial charge in [0, 0.05) is 32.9 Å². The summed E-state index contributed by atoms with van der Waals surface area (Å²) in [6.07, 6.45) is 10.4. The summed E-state index contributed by atoms with van der Waals surface area (Å²) >= 11 is 3.65. The van der Waals surface area contributed by atoms with Gasteiger partial charge in [-0.15, -0.1) is 0 Å². The van der Waals surface area contributed by atoms with Crippen molar-refractivity contribution in [3.05, 3.63) is 132 Å². The predicted molar refractivity (Wildman–Crippen MR) is 159 cm³/mol. The SMILES string of the molecule is Brc1ccc2c3ncccc3n(-c3ccc(-c4cc(-c5c#cccc5)cc(C5=CC=CCC5)n4)cc3)c2c1. The van der Waals surface area contributed by atoms with E-state index in [2.05, 4.69) is 123 Å². The predicted octanol–water partition coefficient (Wildman–Crippen LogP) is 9.00. The lowest BCUT2D eigenvalue weighted by atomic mass is 9.97. The third-order valence-corrected chi connectivity index (χ3v) is 7.53. The summed E-state index contributed by atoms with van der Waals surface area (Å²) in [6, 6.07) is 35.8. The Morgan fingerprint density at radius 3 is 2.55 bits per heavy atom. The van der Waals surface area contributed by atoms with Crippen molar-refractivity contribution in [1.82, 2.24) is 14.5 Å². The molecule has 0 spiro atoms. The van der Waals surface area contributed by atoms with Crippen molar-refractivity contribution in [1.29, 1.82) is 0 Å². The Balaban J connectivity index is 1.36. The van der Waals surface area contributed by atoms with Gasteiger partial charge in [-0.2, -0.15) is 0 Å². The molecule has 0 N–H and O–H groups in total. The molecular formula is C34H22BrN3. The summed E-state index contributed by atoms with van der Waals surface area (Å²) in [5.41, 5.74) is 10.7. The number of benzene rings is 2. The molecule has 6 aromatic rings. The highest BCUT2D eigenvalue weighted by Crippen LogP contribution is 2.34. The highest BCUT2D eigenvalue weighted by Gasteiger charge is 2.15. The fourth-order valence-corrected chi connectivity index (χ4v) is 5.55. The van der Waals surface area contributed by atoms with Crippen LogP contribution in [0.1, 0.15) is 18.5 Å². The molecule has 0 amide bonds. The summed E-state index contributed by atoms with van der Waals surface area (Å²) < 4.78 is 3.32.